The maximum Gasteiger partial charge on any atom is 0.322 e. The molecule has 0 saturated carbocycles. The molecule has 1 aromatic carbocycles. The van der Waals surface area contributed by atoms with Gasteiger partial charge in [-0.2, -0.15) is 0 Å². The van der Waals surface area contributed by atoms with Gasteiger partial charge in [0.05, 0.1) is 0 Å². The number of aromatic nitrogens is 2. The average Bonchev–Trinajstić information content (AvgIpc) is 2.57. The number of nitrogens with zero attached hydrogens (tertiary/aromatic N) is 2. The van der Waals surface area contributed by atoms with Crippen LogP contribution in [0, 0.1) is 12.8 Å². The number of carbonyl (C=O) groups is 1. The van der Waals surface area contributed by atoms with Crippen LogP contribution in [0.2, 0.25) is 0 Å². The molecule has 0 bridgehead atoms. The van der Waals surface area contributed by atoms with Crippen molar-refractivity contribution in [2.24, 2.45) is 5.92 Å². The summed E-state index contributed by atoms with van der Waals surface area (Å²) in [6.07, 6.45) is 3.43. The second-order valence-electron chi connectivity index (χ2n) is 5.62. The summed E-state index contributed by atoms with van der Waals surface area (Å²) >= 11 is 0. The Kier molecular flexibility index (Phi) is 4.83. The van der Waals surface area contributed by atoms with Crippen LogP contribution >= 0.6 is 0 Å². The summed E-state index contributed by atoms with van der Waals surface area (Å²) in [5, 5.41) is 6.22. The highest BCUT2D eigenvalue weighted by Gasteiger charge is 2.20. The van der Waals surface area contributed by atoms with E-state index in [-0.39, 0.29) is 11.8 Å². The summed E-state index contributed by atoms with van der Waals surface area (Å²) in [5.74, 6) is 0.811. The number of aryl methyl sites for hydroxylation is 1. The lowest BCUT2D eigenvalue weighted by molar-refractivity contribution is -0.120. The van der Waals surface area contributed by atoms with Gasteiger partial charge in [-0.3, -0.25) is 4.79 Å². The Labute approximate surface area is 135 Å². The topological polar surface area (TPSA) is 76.1 Å². The lowest BCUT2D eigenvalue weighted by atomic mass is 9.97. The number of amides is 1. The number of anilines is 1. The SMILES string of the molecule is Cc1ccnc(Oc2ccc(NC(=O)C3CCNCC3)cc2)n1. The van der Waals surface area contributed by atoms with Gasteiger partial charge in [-0.25, -0.2) is 9.97 Å². The molecule has 2 heterocycles. The smallest absolute Gasteiger partial charge is 0.322 e. The van der Waals surface area contributed by atoms with Crippen molar-refractivity contribution < 1.29 is 9.53 Å². The first-order valence-corrected chi connectivity index (χ1v) is 7.80. The summed E-state index contributed by atoms with van der Waals surface area (Å²) in [6.45, 7) is 3.69. The van der Waals surface area contributed by atoms with Gasteiger partial charge in [0, 0.05) is 23.5 Å². The minimum absolute atomic E-state index is 0.0854. The number of ether oxygens (including phenoxy) is 1. The Morgan fingerprint density at radius 1 is 1.22 bits per heavy atom. The number of rotatable bonds is 4. The number of hydrogen-bond acceptors (Lipinski definition) is 5. The van der Waals surface area contributed by atoms with Gasteiger partial charge in [-0.15, -0.1) is 0 Å². The summed E-state index contributed by atoms with van der Waals surface area (Å²) in [5.41, 5.74) is 1.62. The van der Waals surface area contributed by atoms with E-state index in [4.69, 9.17) is 4.74 Å². The average molecular weight is 312 g/mol. The summed E-state index contributed by atoms with van der Waals surface area (Å²) in [7, 11) is 0. The third-order valence-corrected chi connectivity index (χ3v) is 3.81. The first-order chi connectivity index (χ1) is 11.2. The number of hydrogen-bond donors (Lipinski definition) is 2. The Bertz CT molecular complexity index is 667. The fourth-order valence-electron chi connectivity index (χ4n) is 2.52. The first kappa shape index (κ1) is 15.4. The molecule has 0 unspecified atom stereocenters. The van der Waals surface area contributed by atoms with E-state index in [1.54, 1.807) is 18.3 Å². The van der Waals surface area contributed by atoms with E-state index in [0.717, 1.165) is 37.3 Å². The predicted molar refractivity (Wildman–Crippen MR) is 87.5 cm³/mol. The Hall–Kier alpha value is -2.47. The molecule has 1 aliphatic heterocycles. The molecule has 1 aromatic heterocycles. The van der Waals surface area contributed by atoms with Gasteiger partial charge in [0.1, 0.15) is 5.75 Å². The summed E-state index contributed by atoms with van der Waals surface area (Å²) in [6, 6.07) is 9.37. The number of nitrogens with one attached hydrogen (secondary N) is 2. The van der Waals surface area contributed by atoms with Gasteiger partial charge in [-0.05, 0) is 63.2 Å². The number of carbonyl (C=O) groups excluding carboxylic acids is 1. The van der Waals surface area contributed by atoms with Crippen molar-refractivity contribution in [2.45, 2.75) is 19.8 Å². The van der Waals surface area contributed by atoms with Crippen molar-refractivity contribution in [3.8, 4) is 11.8 Å². The maximum absolute atomic E-state index is 12.2. The van der Waals surface area contributed by atoms with Crippen LogP contribution in [0.25, 0.3) is 0 Å². The van der Waals surface area contributed by atoms with E-state index >= 15 is 0 Å². The third kappa shape index (κ3) is 4.26. The van der Waals surface area contributed by atoms with E-state index in [2.05, 4.69) is 20.6 Å². The third-order valence-electron chi connectivity index (χ3n) is 3.81. The monoisotopic (exact) mass is 312 g/mol. The highest BCUT2D eigenvalue weighted by atomic mass is 16.5. The lowest BCUT2D eigenvalue weighted by Crippen LogP contribution is -2.34. The second kappa shape index (κ2) is 7.19. The molecule has 0 spiro atoms. The summed E-state index contributed by atoms with van der Waals surface area (Å²) < 4.78 is 5.59. The zero-order valence-electron chi connectivity index (χ0n) is 13.1. The minimum atomic E-state index is 0.0854. The zero-order valence-corrected chi connectivity index (χ0v) is 13.1. The van der Waals surface area contributed by atoms with Crippen molar-refractivity contribution in [2.75, 3.05) is 18.4 Å². The normalized spacial score (nSPS) is 15.2. The highest BCUT2D eigenvalue weighted by molar-refractivity contribution is 5.92. The summed E-state index contributed by atoms with van der Waals surface area (Å²) in [4.78, 5) is 20.4. The molecule has 6 nitrogen and oxygen atoms in total. The fourth-order valence-corrected chi connectivity index (χ4v) is 2.52. The lowest BCUT2D eigenvalue weighted by Gasteiger charge is -2.21. The molecule has 120 valence electrons. The quantitative estimate of drug-likeness (QED) is 0.907. The van der Waals surface area contributed by atoms with E-state index in [1.807, 2.05) is 25.1 Å². The molecule has 1 fully saturated rings. The molecule has 1 aliphatic rings. The number of piperidine rings is 1. The van der Waals surface area contributed by atoms with E-state index in [1.165, 1.54) is 0 Å². The zero-order chi connectivity index (χ0) is 16.1. The predicted octanol–water partition coefficient (Wildman–Crippen LogP) is 2.52. The Morgan fingerprint density at radius 2 is 1.96 bits per heavy atom. The molecule has 2 aromatic rings. The van der Waals surface area contributed by atoms with Gasteiger partial charge in [0.25, 0.3) is 0 Å². The van der Waals surface area contributed by atoms with E-state index < -0.39 is 0 Å². The van der Waals surface area contributed by atoms with E-state index in [0.29, 0.717) is 11.8 Å². The molecule has 2 N–H and O–H groups in total. The fraction of sp³-hybridized carbons (Fsp3) is 0.353. The van der Waals surface area contributed by atoms with Gasteiger partial charge in [0.15, 0.2) is 0 Å². The van der Waals surface area contributed by atoms with Crippen LogP contribution in [0.3, 0.4) is 0 Å². The van der Waals surface area contributed by atoms with E-state index in [9.17, 15) is 4.79 Å². The first-order valence-electron chi connectivity index (χ1n) is 7.80. The van der Waals surface area contributed by atoms with Crippen LogP contribution in [-0.2, 0) is 4.79 Å². The van der Waals surface area contributed by atoms with Crippen LogP contribution in [0.5, 0.6) is 11.8 Å². The number of benzene rings is 1. The molecule has 0 aliphatic carbocycles. The van der Waals surface area contributed by atoms with Crippen LogP contribution in [0.1, 0.15) is 18.5 Å². The van der Waals surface area contributed by atoms with Crippen LogP contribution < -0.4 is 15.4 Å². The van der Waals surface area contributed by atoms with Crippen molar-refractivity contribution >= 4 is 11.6 Å². The van der Waals surface area contributed by atoms with Crippen molar-refractivity contribution in [3.05, 3.63) is 42.2 Å². The van der Waals surface area contributed by atoms with Gasteiger partial charge in [-0.1, -0.05) is 0 Å². The molecule has 6 heteroatoms. The van der Waals surface area contributed by atoms with Crippen LogP contribution in [0.4, 0.5) is 5.69 Å². The van der Waals surface area contributed by atoms with Gasteiger partial charge in [0.2, 0.25) is 5.91 Å². The molecule has 1 saturated heterocycles. The highest BCUT2D eigenvalue weighted by Crippen LogP contribution is 2.21. The molecule has 0 radical (unpaired) electrons. The van der Waals surface area contributed by atoms with Crippen molar-refractivity contribution in [3.63, 3.8) is 0 Å². The Balaban J connectivity index is 1.59. The standard InChI is InChI=1S/C17H20N4O2/c1-12-6-11-19-17(20-12)23-15-4-2-14(3-5-15)21-16(22)13-7-9-18-10-8-13/h2-6,11,13,18H,7-10H2,1H3,(H,21,22). The van der Waals surface area contributed by atoms with Crippen LogP contribution in [-0.4, -0.2) is 29.0 Å². The van der Waals surface area contributed by atoms with Crippen LogP contribution in [0.15, 0.2) is 36.5 Å². The molecule has 3 rings (SSSR count). The molecule has 23 heavy (non-hydrogen) atoms. The van der Waals surface area contributed by atoms with Crippen molar-refractivity contribution in [1.82, 2.24) is 15.3 Å². The largest absolute Gasteiger partial charge is 0.424 e. The molecular formula is C17H20N4O2. The molecule has 0 atom stereocenters. The maximum atomic E-state index is 12.2. The minimum Gasteiger partial charge on any atom is -0.424 e. The van der Waals surface area contributed by atoms with Gasteiger partial charge < -0.3 is 15.4 Å². The molecule has 1 amide bonds. The van der Waals surface area contributed by atoms with Crippen molar-refractivity contribution in [1.29, 1.82) is 0 Å². The molecular weight excluding hydrogens is 292 g/mol. The Morgan fingerprint density at radius 3 is 2.65 bits per heavy atom. The van der Waals surface area contributed by atoms with Gasteiger partial charge >= 0.3 is 6.01 Å². The second-order valence-corrected chi connectivity index (χ2v) is 5.62.